The molecular formula is C28H28N+. The summed E-state index contributed by atoms with van der Waals surface area (Å²) in [6, 6.07) is 35.7. The topological polar surface area (TPSA) is 0 Å². The van der Waals surface area contributed by atoms with E-state index in [9.17, 15) is 0 Å². The van der Waals surface area contributed by atoms with E-state index in [0.717, 1.165) is 0 Å². The summed E-state index contributed by atoms with van der Waals surface area (Å²) in [7, 11) is 0. The Kier molecular flexibility index (Phi) is 5.08. The van der Waals surface area contributed by atoms with Crippen molar-refractivity contribution in [2.75, 3.05) is 0 Å². The van der Waals surface area contributed by atoms with E-state index in [0.29, 0.717) is 4.48 Å². The van der Waals surface area contributed by atoms with Crippen molar-refractivity contribution in [1.82, 2.24) is 4.48 Å². The van der Waals surface area contributed by atoms with Gasteiger partial charge in [-0.15, -0.1) is 0 Å². The van der Waals surface area contributed by atoms with Crippen LogP contribution in [-0.4, -0.2) is 0 Å². The summed E-state index contributed by atoms with van der Waals surface area (Å²) in [6.45, 7) is 8.56. The molecule has 0 saturated carbocycles. The van der Waals surface area contributed by atoms with E-state index in [-0.39, 0.29) is 0 Å². The van der Waals surface area contributed by atoms with Crippen LogP contribution < -0.4 is 4.48 Å². The molecule has 0 heterocycles. The van der Waals surface area contributed by atoms with E-state index < -0.39 is 0 Å². The second-order valence-corrected chi connectivity index (χ2v) is 8.01. The van der Waals surface area contributed by atoms with Crippen molar-refractivity contribution in [3.63, 3.8) is 0 Å². The molecule has 0 unspecified atom stereocenters. The highest BCUT2D eigenvalue weighted by Crippen LogP contribution is 2.51. The van der Waals surface area contributed by atoms with Gasteiger partial charge in [0.1, 0.15) is 22.7 Å². The molecule has 1 nitrogen and oxygen atoms in total. The zero-order valence-electron chi connectivity index (χ0n) is 17.7. The van der Waals surface area contributed by atoms with Crippen LogP contribution in [0.25, 0.3) is 0 Å². The molecule has 0 aromatic heterocycles. The maximum absolute atomic E-state index is 2.26. The molecule has 0 aliphatic heterocycles. The molecule has 0 atom stereocenters. The molecule has 144 valence electrons. The molecule has 29 heavy (non-hydrogen) atoms. The van der Waals surface area contributed by atoms with E-state index in [1.54, 1.807) is 0 Å². The predicted molar refractivity (Wildman–Crippen MR) is 125 cm³/mol. The zero-order chi connectivity index (χ0) is 20.4. The summed E-state index contributed by atoms with van der Waals surface area (Å²) < 4.78 is 0.557. The minimum absolute atomic E-state index is 0.557. The van der Waals surface area contributed by atoms with Gasteiger partial charge in [-0.25, -0.2) is 0 Å². The van der Waals surface area contributed by atoms with Crippen molar-refractivity contribution < 1.29 is 0 Å². The first-order valence-electron chi connectivity index (χ1n) is 10.2. The van der Waals surface area contributed by atoms with Crippen molar-refractivity contribution in [2.24, 2.45) is 0 Å². The van der Waals surface area contributed by atoms with Crippen LogP contribution in [0.1, 0.15) is 22.3 Å². The Morgan fingerprint density at radius 3 is 0.655 bits per heavy atom. The first-order valence-corrected chi connectivity index (χ1v) is 10.2. The van der Waals surface area contributed by atoms with Crippen LogP contribution in [0.15, 0.2) is 97.1 Å². The standard InChI is InChI=1S/C28H28N/c1-21-5-13-25(14-6-21)29(26-15-7-22(2)8-16-26,27-17-9-23(3)10-18-27)28-19-11-24(4)12-20-28/h5-20H,1-4H3/q+1. The summed E-state index contributed by atoms with van der Waals surface area (Å²) in [6.07, 6.45) is 0. The monoisotopic (exact) mass is 378 g/mol. The third-order valence-electron chi connectivity index (χ3n) is 5.69. The smallest absolute Gasteiger partial charge is 0.148 e. The normalized spacial score (nSPS) is 11.4. The van der Waals surface area contributed by atoms with Gasteiger partial charge in [-0.3, -0.25) is 0 Å². The summed E-state index contributed by atoms with van der Waals surface area (Å²) >= 11 is 0. The fourth-order valence-corrected chi connectivity index (χ4v) is 3.97. The highest BCUT2D eigenvalue weighted by Gasteiger charge is 2.39. The first-order chi connectivity index (χ1) is 14.0. The number of aryl methyl sites for hydroxylation is 4. The highest BCUT2D eigenvalue weighted by atomic mass is 15.4. The van der Waals surface area contributed by atoms with Gasteiger partial charge in [0, 0.05) is 48.5 Å². The fourth-order valence-electron chi connectivity index (χ4n) is 3.97. The average molecular weight is 379 g/mol. The highest BCUT2D eigenvalue weighted by molar-refractivity contribution is 5.81. The van der Waals surface area contributed by atoms with E-state index in [2.05, 4.69) is 125 Å². The zero-order valence-corrected chi connectivity index (χ0v) is 17.7. The Bertz CT molecular complexity index is 900. The lowest BCUT2D eigenvalue weighted by Crippen LogP contribution is -2.33. The third-order valence-corrected chi connectivity index (χ3v) is 5.69. The molecule has 0 amide bonds. The maximum atomic E-state index is 2.26. The van der Waals surface area contributed by atoms with Crippen LogP contribution in [0.4, 0.5) is 22.7 Å². The Labute approximate surface area is 174 Å². The van der Waals surface area contributed by atoms with Crippen molar-refractivity contribution in [1.29, 1.82) is 0 Å². The first kappa shape index (κ1) is 19.2. The number of quaternary nitrogens is 1. The fraction of sp³-hybridized carbons (Fsp3) is 0.143. The summed E-state index contributed by atoms with van der Waals surface area (Å²) in [5.74, 6) is 0. The second-order valence-electron chi connectivity index (χ2n) is 8.01. The van der Waals surface area contributed by atoms with Crippen molar-refractivity contribution in [2.45, 2.75) is 27.7 Å². The quantitative estimate of drug-likeness (QED) is 0.314. The SMILES string of the molecule is Cc1ccc([N+](c2ccc(C)cc2)(c2ccc(C)cc2)c2ccc(C)cc2)cc1. The van der Waals surface area contributed by atoms with Crippen LogP contribution >= 0.6 is 0 Å². The predicted octanol–water partition coefficient (Wildman–Crippen LogP) is 8.22. The molecule has 0 fully saturated rings. The number of hydrogen-bond acceptors (Lipinski definition) is 0. The molecule has 4 aromatic carbocycles. The lowest BCUT2D eigenvalue weighted by atomic mass is 10.0. The lowest BCUT2D eigenvalue weighted by molar-refractivity contribution is 0.703. The molecule has 0 saturated heterocycles. The molecule has 0 radical (unpaired) electrons. The van der Waals surface area contributed by atoms with Gasteiger partial charge >= 0.3 is 0 Å². The number of hydrogen-bond donors (Lipinski definition) is 0. The molecule has 1 heteroatoms. The van der Waals surface area contributed by atoms with E-state index in [4.69, 9.17) is 0 Å². The molecule has 0 bridgehead atoms. The van der Waals surface area contributed by atoms with E-state index >= 15 is 0 Å². The van der Waals surface area contributed by atoms with Gasteiger partial charge in [-0.1, -0.05) is 70.8 Å². The molecular weight excluding hydrogens is 350 g/mol. The molecule has 0 aliphatic carbocycles. The number of rotatable bonds is 4. The van der Waals surface area contributed by atoms with Crippen LogP contribution in [-0.2, 0) is 0 Å². The molecule has 0 N–H and O–H groups in total. The van der Waals surface area contributed by atoms with Crippen molar-refractivity contribution in [3.05, 3.63) is 119 Å². The Balaban J connectivity index is 2.11. The summed E-state index contributed by atoms with van der Waals surface area (Å²) in [5.41, 5.74) is 9.98. The summed E-state index contributed by atoms with van der Waals surface area (Å²) in [5, 5.41) is 0. The molecule has 0 aliphatic rings. The Morgan fingerprint density at radius 1 is 0.310 bits per heavy atom. The number of benzene rings is 4. The van der Waals surface area contributed by atoms with Gasteiger partial charge in [0.25, 0.3) is 0 Å². The Morgan fingerprint density at radius 2 is 0.483 bits per heavy atom. The van der Waals surface area contributed by atoms with Crippen molar-refractivity contribution in [3.8, 4) is 0 Å². The van der Waals surface area contributed by atoms with Gasteiger partial charge in [0.2, 0.25) is 0 Å². The molecule has 4 aromatic rings. The van der Waals surface area contributed by atoms with Gasteiger partial charge in [-0.2, -0.15) is 4.48 Å². The largest absolute Gasteiger partial charge is 0.194 e. The van der Waals surface area contributed by atoms with Gasteiger partial charge in [0.15, 0.2) is 0 Å². The van der Waals surface area contributed by atoms with Gasteiger partial charge in [-0.05, 0) is 27.7 Å². The Hall–Kier alpha value is -3.16. The maximum Gasteiger partial charge on any atom is 0.148 e. The lowest BCUT2D eigenvalue weighted by Gasteiger charge is -2.37. The molecule has 4 rings (SSSR count). The van der Waals surface area contributed by atoms with Gasteiger partial charge < -0.3 is 0 Å². The minimum Gasteiger partial charge on any atom is -0.194 e. The van der Waals surface area contributed by atoms with E-state index in [1.807, 2.05) is 0 Å². The second kappa shape index (κ2) is 7.69. The van der Waals surface area contributed by atoms with Gasteiger partial charge in [0.05, 0.1) is 0 Å². The number of nitrogens with zero attached hydrogens (tertiary/aromatic N) is 1. The third kappa shape index (κ3) is 3.50. The average Bonchev–Trinajstić information content (AvgIpc) is 2.73. The van der Waals surface area contributed by atoms with Crippen LogP contribution in [0.2, 0.25) is 0 Å². The van der Waals surface area contributed by atoms with Crippen LogP contribution in [0.5, 0.6) is 0 Å². The minimum atomic E-state index is 0.557. The van der Waals surface area contributed by atoms with Crippen LogP contribution in [0.3, 0.4) is 0 Å². The van der Waals surface area contributed by atoms with E-state index in [1.165, 1.54) is 45.0 Å². The van der Waals surface area contributed by atoms with Crippen LogP contribution in [0, 0.1) is 27.7 Å². The summed E-state index contributed by atoms with van der Waals surface area (Å²) in [4.78, 5) is 0. The molecule has 0 spiro atoms. The van der Waals surface area contributed by atoms with Crippen molar-refractivity contribution >= 4 is 22.7 Å².